The number of rotatable bonds is 2. The first-order chi connectivity index (χ1) is 9.67. The third-order valence-electron chi connectivity index (χ3n) is 3.86. The zero-order chi connectivity index (χ0) is 14.1. The quantitative estimate of drug-likeness (QED) is 0.908. The number of benzene rings is 1. The van der Waals surface area contributed by atoms with Gasteiger partial charge in [0.1, 0.15) is 5.82 Å². The fraction of sp³-hybridized carbons (Fsp3) is 0.353. The van der Waals surface area contributed by atoms with Crippen molar-refractivity contribution < 1.29 is 0 Å². The summed E-state index contributed by atoms with van der Waals surface area (Å²) < 4.78 is 0. The molecule has 3 heteroatoms. The van der Waals surface area contributed by atoms with Crippen LogP contribution in [0.25, 0.3) is 0 Å². The van der Waals surface area contributed by atoms with Crippen molar-refractivity contribution in [1.82, 2.24) is 4.98 Å². The molecule has 0 fully saturated rings. The molecule has 2 heterocycles. The lowest BCUT2D eigenvalue weighted by atomic mass is 9.94. The maximum absolute atomic E-state index is 5.79. The van der Waals surface area contributed by atoms with Crippen LogP contribution in [0.15, 0.2) is 36.4 Å². The predicted molar refractivity (Wildman–Crippen MR) is 83.2 cm³/mol. The van der Waals surface area contributed by atoms with Crippen LogP contribution in [0.1, 0.15) is 23.7 Å². The van der Waals surface area contributed by atoms with Crippen molar-refractivity contribution >= 4 is 11.5 Å². The molecule has 2 N–H and O–H groups in total. The molecule has 0 bridgehead atoms. The maximum atomic E-state index is 5.79. The van der Waals surface area contributed by atoms with Gasteiger partial charge in [0.15, 0.2) is 0 Å². The number of hydrogen-bond acceptors (Lipinski definition) is 3. The highest BCUT2D eigenvalue weighted by molar-refractivity contribution is 5.66. The first kappa shape index (κ1) is 13.1. The van der Waals surface area contributed by atoms with E-state index in [0.29, 0.717) is 12.5 Å². The molecule has 1 aliphatic heterocycles. The molecule has 1 aromatic carbocycles. The lowest BCUT2D eigenvalue weighted by molar-refractivity contribution is 0.560. The second-order valence-corrected chi connectivity index (χ2v) is 5.73. The van der Waals surface area contributed by atoms with Crippen LogP contribution >= 0.6 is 0 Å². The molecule has 0 spiro atoms. The number of nitrogens with two attached hydrogens (primary N) is 1. The van der Waals surface area contributed by atoms with Gasteiger partial charge in [0.25, 0.3) is 0 Å². The van der Waals surface area contributed by atoms with E-state index in [-0.39, 0.29) is 0 Å². The van der Waals surface area contributed by atoms with Gasteiger partial charge in [0.05, 0.1) is 0 Å². The standard InChI is InChI=1S/C17H21N3/c1-12-7-15-5-3-4-6-16(15)20(11-12)17-9-14(10-18)8-13(2)19-17/h3-6,8-9,12H,7,10-11,18H2,1-2H3. The van der Waals surface area contributed by atoms with Gasteiger partial charge in [-0.3, -0.25) is 0 Å². The smallest absolute Gasteiger partial charge is 0.133 e. The summed E-state index contributed by atoms with van der Waals surface area (Å²) in [4.78, 5) is 7.04. The van der Waals surface area contributed by atoms with Gasteiger partial charge in [-0.05, 0) is 48.6 Å². The van der Waals surface area contributed by atoms with Crippen LogP contribution in [-0.4, -0.2) is 11.5 Å². The van der Waals surface area contributed by atoms with Gasteiger partial charge < -0.3 is 10.6 Å². The van der Waals surface area contributed by atoms with Crippen LogP contribution in [-0.2, 0) is 13.0 Å². The number of para-hydroxylation sites is 1. The molecular weight excluding hydrogens is 246 g/mol. The van der Waals surface area contributed by atoms with Crippen molar-refractivity contribution in [2.24, 2.45) is 11.7 Å². The average Bonchev–Trinajstić information content (AvgIpc) is 2.45. The molecule has 3 rings (SSSR count). The van der Waals surface area contributed by atoms with Crippen LogP contribution in [0, 0.1) is 12.8 Å². The molecule has 1 atom stereocenters. The zero-order valence-electron chi connectivity index (χ0n) is 12.1. The van der Waals surface area contributed by atoms with Gasteiger partial charge in [-0.2, -0.15) is 0 Å². The van der Waals surface area contributed by atoms with Crippen LogP contribution in [0.2, 0.25) is 0 Å². The van der Waals surface area contributed by atoms with Crippen LogP contribution in [0.3, 0.4) is 0 Å². The van der Waals surface area contributed by atoms with E-state index in [2.05, 4.69) is 48.2 Å². The largest absolute Gasteiger partial charge is 0.326 e. The summed E-state index contributed by atoms with van der Waals surface area (Å²) in [6.45, 7) is 5.89. The topological polar surface area (TPSA) is 42.1 Å². The fourth-order valence-corrected chi connectivity index (χ4v) is 2.99. The molecule has 0 aliphatic carbocycles. The van der Waals surface area contributed by atoms with Crippen molar-refractivity contribution in [3.05, 3.63) is 53.2 Å². The minimum Gasteiger partial charge on any atom is -0.326 e. The molecule has 1 unspecified atom stereocenters. The van der Waals surface area contributed by atoms with E-state index in [1.54, 1.807) is 0 Å². The third-order valence-corrected chi connectivity index (χ3v) is 3.86. The number of anilines is 2. The molecule has 2 aromatic rings. The predicted octanol–water partition coefficient (Wildman–Crippen LogP) is 3.18. The molecular formula is C17H21N3. The highest BCUT2D eigenvalue weighted by Crippen LogP contribution is 2.34. The first-order valence-corrected chi connectivity index (χ1v) is 7.20. The van der Waals surface area contributed by atoms with Gasteiger partial charge in [0, 0.05) is 24.5 Å². The van der Waals surface area contributed by atoms with Gasteiger partial charge in [-0.15, -0.1) is 0 Å². The minimum atomic E-state index is 0.557. The van der Waals surface area contributed by atoms with Crippen molar-refractivity contribution in [2.75, 3.05) is 11.4 Å². The maximum Gasteiger partial charge on any atom is 0.133 e. The Kier molecular flexibility index (Phi) is 3.45. The molecule has 1 aromatic heterocycles. The zero-order valence-corrected chi connectivity index (χ0v) is 12.1. The van der Waals surface area contributed by atoms with E-state index < -0.39 is 0 Å². The second kappa shape index (κ2) is 5.25. The van der Waals surface area contributed by atoms with Gasteiger partial charge >= 0.3 is 0 Å². The van der Waals surface area contributed by atoms with Crippen molar-refractivity contribution in [2.45, 2.75) is 26.8 Å². The van der Waals surface area contributed by atoms with Crippen molar-refractivity contribution in [1.29, 1.82) is 0 Å². The van der Waals surface area contributed by atoms with E-state index in [9.17, 15) is 0 Å². The SMILES string of the molecule is Cc1cc(CN)cc(N2CC(C)Cc3ccccc32)n1. The van der Waals surface area contributed by atoms with E-state index >= 15 is 0 Å². The number of aromatic nitrogens is 1. The van der Waals surface area contributed by atoms with E-state index in [1.807, 2.05) is 6.92 Å². The number of pyridine rings is 1. The second-order valence-electron chi connectivity index (χ2n) is 5.73. The Bertz CT molecular complexity index is 621. The van der Waals surface area contributed by atoms with Gasteiger partial charge in [-0.1, -0.05) is 25.1 Å². The lowest BCUT2D eigenvalue weighted by Gasteiger charge is -2.34. The van der Waals surface area contributed by atoms with Crippen LogP contribution in [0.4, 0.5) is 11.5 Å². The monoisotopic (exact) mass is 267 g/mol. The van der Waals surface area contributed by atoms with Crippen LogP contribution < -0.4 is 10.6 Å². The Morgan fingerprint density at radius 3 is 2.90 bits per heavy atom. The molecule has 1 aliphatic rings. The Balaban J connectivity index is 2.08. The lowest BCUT2D eigenvalue weighted by Crippen LogP contribution is -2.31. The summed E-state index contributed by atoms with van der Waals surface area (Å²) in [6.07, 6.45) is 1.14. The Morgan fingerprint density at radius 1 is 1.30 bits per heavy atom. The number of fused-ring (bicyclic) bond motifs is 1. The van der Waals surface area contributed by atoms with E-state index in [0.717, 1.165) is 30.0 Å². The molecule has 20 heavy (non-hydrogen) atoms. The van der Waals surface area contributed by atoms with Crippen LogP contribution in [0.5, 0.6) is 0 Å². The fourth-order valence-electron chi connectivity index (χ4n) is 2.99. The van der Waals surface area contributed by atoms with Crippen molar-refractivity contribution in [3.63, 3.8) is 0 Å². The van der Waals surface area contributed by atoms with E-state index in [4.69, 9.17) is 10.7 Å². The Morgan fingerprint density at radius 2 is 2.10 bits per heavy atom. The van der Waals surface area contributed by atoms with Gasteiger partial charge in [0.2, 0.25) is 0 Å². The number of nitrogens with zero attached hydrogens (tertiary/aromatic N) is 2. The molecule has 0 amide bonds. The number of aryl methyl sites for hydroxylation is 1. The van der Waals surface area contributed by atoms with E-state index in [1.165, 1.54) is 11.3 Å². The summed E-state index contributed by atoms with van der Waals surface area (Å²) in [5.41, 5.74) is 10.7. The van der Waals surface area contributed by atoms with Gasteiger partial charge in [-0.25, -0.2) is 4.98 Å². The molecule has 104 valence electrons. The summed E-state index contributed by atoms with van der Waals surface area (Å²) in [6, 6.07) is 12.8. The molecule has 0 radical (unpaired) electrons. The molecule has 3 nitrogen and oxygen atoms in total. The summed E-state index contributed by atoms with van der Waals surface area (Å²) in [7, 11) is 0. The first-order valence-electron chi connectivity index (χ1n) is 7.20. The summed E-state index contributed by atoms with van der Waals surface area (Å²) in [5, 5.41) is 0. The van der Waals surface area contributed by atoms with Crippen molar-refractivity contribution in [3.8, 4) is 0 Å². The summed E-state index contributed by atoms with van der Waals surface area (Å²) in [5.74, 6) is 1.65. The summed E-state index contributed by atoms with van der Waals surface area (Å²) >= 11 is 0. The molecule has 0 saturated heterocycles. The average molecular weight is 267 g/mol. The Hall–Kier alpha value is -1.87. The third kappa shape index (κ3) is 2.41. The molecule has 0 saturated carbocycles. The highest BCUT2D eigenvalue weighted by Gasteiger charge is 2.23. The normalized spacial score (nSPS) is 17.9. The minimum absolute atomic E-state index is 0.557. The highest BCUT2D eigenvalue weighted by atomic mass is 15.2. The Labute approximate surface area is 120 Å². The number of hydrogen-bond donors (Lipinski definition) is 1.